The van der Waals surface area contributed by atoms with Crippen molar-refractivity contribution >= 4 is 41.3 Å². The van der Waals surface area contributed by atoms with Gasteiger partial charge in [-0.3, -0.25) is 9.89 Å². The number of hydrogen-bond acceptors (Lipinski definition) is 4. The second-order valence-electron chi connectivity index (χ2n) is 8.59. The number of nitrogens with zero attached hydrogens (tertiary/aromatic N) is 2. The van der Waals surface area contributed by atoms with Crippen LogP contribution < -0.4 is 10.6 Å². The summed E-state index contributed by atoms with van der Waals surface area (Å²) in [5.41, 5.74) is 1.63. The molecule has 1 saturated carbocycles. The Labute approximate surface area is 184 Å². The Kier molecular flexibility index (Phi) is 7.08. The third-order valence-electron chi connectivity index (χ3n) is 6.53. The first-order valence-corrected chi connectivity index (χ1v) is 10.9. The van der Waals surface area contributed by atoms with Gasteiger partial charge < -0.3 is 15.4 Å². The Morgan fingerprint density at radius 2 is 2.07 bits per heavy atom. The zero-order valence-electron chi connectivity index (χ0n) is 16.6. The molecule has 0 spiro atoms. The average Bonchev–Trinajstić information content (AvgIpc) is 3.30. The predicted molar refractivity (Wildman–Crippen MR) is 123 cm³/mol. The molecule has 0 radical (unpaired) electrons. The van der Waals surface area contributed by atoms with Gasteiger partial charge in [0.25, 0.3) is 0 Å². The van der Waals surface area contributed by atoms with E-state index in [-0.39, 0.29) is 29.4 Å². The molecule has 1 aliphatic carbocycles. The van der Waals surface area contributed by atoms with Gasteiger partial charge in [-0.25, -0.2) is 0 Å². The number of likely N-dealkylation sites (tertiary alicyclic amines) is 1. The molecular weight excluding hydrogens is 471 g/mol. The molecule has 0 aromatic carbocycles. The predicted octanol–water partition coefficient (Wildman–Crippen LogP) is 3.31. The largest absolute Gasteiger partial charge is 0.377 e. The summed E-state index contributed by atoms with van der Waals surface area (Å²) in [5.74, 6) is 1.60. The van der Waals surface area contributed by atoms with Crippen molar-refractivity contribution in [1.29, 1.82) is 0 Å². The normalized spacial score (nSPS) is 30.9. The summed E-state index contributed by atoms with van der Waals surface area (Å²) in [6, 6.07) is 3.21. The van der Waals surface area contributed by atoms with Gasteiger partial charge in [0.05, 0.1) is 6.10 Å². The standard InChI is InChI=1S/C20H32N4OS.HI/c1-20(2)17(16-6-10-25-18(16)20)23-19(21-3)22-15-4-8-24(9-5-15)12-14-7-11-26-13-14;/h7,11,13,15-18H,4-6,8-10,12H2,1-3H3,(H2,21,22,23);1H. The number of ether oxygens (including phenoxy) is 1. The number of aliphatic imine (C=N–C) groups is 1. The van der Waals surface area contributed by atoms with E-state index in [9.17, 15) is 0 Å². The summed E-state index contributed by atoms with van der Waals surface area (Å²) < 4.78 is 5.91. The van der Waals surface area contributed by atoms with E-state index in [1.807, 2.05) is 7.05 Å². The Balaban J connectivity index is 0.00000210. The fourth-order valence-electron chi connectivity index (χ4n) is 5.00. The van der Waals surface area contributed by atoms with Crippen molar-refractivity contribution in [1.82, 2.24) is 15.5 Å². The highest BCUT2D eigenvalue weighted by atomic mass is 127. The summed E-state index contributed by atoms with van der Waals surface area (Å²) in [4.78, 5) is 7.07. The Morgan fingerprint density at radius 3 is 2.74 bits per heavy atom. The molecule has 5 nitrogen and oxygen atoms in total. The van der Waals surface area contributed by atoms with Crippen LogP contribution in [0.3, 0.4) is 0 Å². The summed E-state index contributed by atoms with van der Waals surface area (Å²) in [6.07, 6.45) is 3.93. The smallest absolute Gasteiger partial charge is 0.191 e. The third kappa shape index (κ3) is 4.46. The minimum Gasteiger partial charge on any atom is -0.377 e. The zero-order valence-corrected chi connectivity index (χ0v) is 19.8. The van der Waals surface area contributed by atoms with Gasteiger partial charge in [-0.1, -0.05) is 13.8 Å². The van der Waals surface area contributed by atoms with Crippen LogP contribution in [0.2, 0.25) is 0 Å². The van der Waals surface area contributed by atoms with Crippen LogP contribution in [0, 0.1) is 11.3 Å². The first kappa shape index (κ1) is 21.3. The van der Waals surface area contributed by atoms with E-state index in [0.29, 0.717) is 24.1 Å². The molecule has 2 N–H and O–H groups in total. The van der Waals surface area contributed by atoms with Gasteiger partial charge in [-0.05, 0) is 41.7 Å². The lowest BCUT2D eigenvalue weighted by molar-refractivity contribution is -0.106. The Morgan fingerprint density at radius 1 is 1.30 bits per heavy atom. The maximum absolute atomic E-state index is 5.91. The lowest BCUT2D eigenvalue weighted by atomic mass is 9.57. The molecule has 7 heteroatoms. The van der Waals surface area contributed by atoms with Crippen LogP contribution in [-0.2, 0) is 11.3 Å². The molecule has 3 aliphatic rings. The number of piperidine rings is 1. The van der Waals surface area contributed by atoms with Crippen LogP contribution in [0.1, 0.15) is 38.7 Å². The molecule has 2 saturated heterocycles. The molecule has 2 aliphatic heterocycles. The molecule has 4 rings (SSSR count). The second-order valence-corrected chi connectivity index (χ2v) is 9.37. The number of fused-ring (bicyclic) bond motifs is 1. The molecule has 0 amide bonds. The molecule has 1 aromatic heterocycles. The number of thiophene rings is 1. The number of nitrogens with one attached hydrogen (secondary N) is 2. The van der Waals surface area contributed by atoms with Gasteiger partial charge in [0.1, 0.15) is 0 Å². The number of rotatable bonds is 4. The number of hydrogen-bond donors (Lipinski definition) is 2. The van der Waals surface area contributed by atoms with Crippen LogP contribution in [0.4, 0.5) is 0 Å². The van der Waals surface area contributed by atoms with E-state index in [1.165, 1.54) is 24.8 Å². The van der Waals surface area contributed by atoms with Gasteiger partial charge in [-0.2, -0.15) is 11.3 Å². The van der Waals surface area contributed by atoms with E-state index in [1.54, 1.807) is 11.3 Å². The molecule has 1 aromatic rings. The van der Waals surface area contributed by atoms with Crippen molar-refractivity contribution in [3.63, 3.8) is 0 Å². The quantitative estimate of drug-likeness (QED) is 0.376. The molecular formula is C20H33IN4OS. The highest BCUT2D eigenvalue weighted by molar-refractivity contribution is 14.0. The van der Waals surface area contributed by atoms with E-state index in [4.69, 9.17) is 4.74 Å². The summed E-state index contributed by atoms with van der Waals surface area (Å²) in [6.45, 7) is 8.92. The van der Waals surface area contributed by atoms with Gasteiger partial charge in [0.2, 0.25) is 0 Å². The van der Waals surface area contributed by atoms with Crippen LogP contribution in [0.5, 0.6) is 0 Å². The SMILES string of the molecule is CN=C(NC1CCN(Cc2ccsc2)CC1)NC1C2CCOC2C1(C)C.I. The summed E-state index contributed by atoms with van der Waals surface area (Å²) in [7, 11) is 1.88. The first-order chi connectivity index (χ1) is 12.6. The fraction of sp³-hybridized carbons (Fsp3) is 0.750. The van der Waals surface area contributed by atoms with Gasteiger partial charge in [0, 0.05) is 56.7 Å². The van der Waals surface area contributed by atoms with E-state index < -0.39 is 0 Å². The third-order valence-corrected chi connectivity index (χ3v) is 7.26. The van der Waals surface area contributed by atoms with Crippen molar-refractivity contribution in [2.45, 2.75) is 57.8 Å². The van der Waals surface area contributed by atoms with Crippen molar-refractivity contribution in [2.75, 3.05) is 26.7 Å². The van der Waals surface area contributed by atoms with Crippen molar-refractivity contribution in [2.24, 2.45) is 16.3 Å². The monoisotopic (exact) mass is 504 g/mol. The zero-order chi connectivity index (χ0) is 18.1. The second kappa shape index (κ2) is 8.97. The molecule has 27 heavy (non-hydrogen) atoms. The number of halogens is 1. The minimum atomic E-state index is 0. The summed E-state index contributed by atoms with van der Waals surface area (Å²) in [5, 5.41) is 11.8. The van der Waals surface area contributed by atoms with Crippen LogP contribution in [0.15, 0.2) is 21.8 Å². The van der Waals surface area contributed by atoms with Crippen molar-refractivity contribution in [3.8, 4) is 0 Å². The number of guanidine groups is 1. The molecule has 152 valence electrons. The van der Waals surface area contributed by atoms with Gasteiger partial charge >= 0.3 is 0 Å². The molecule has 3 atom stereocenters. The molecule has 3 fully saturated rings. The fourth-order valence-corrected chi connectivity index (χ4v) is 5.66. The van der Waals surface area contributed by atoms with Crippen LogP contribution in [0.25, 0.3) is 0 Å². The lowest BCUT2D eigenvalue weighted by Gasteiger charge is -2.55. The minimum absolute atomic E-state index is 0. The lowest BCUT2D eigenvalue weighted by Crippen LogP contribution is -2.68. The Hall–Kier alpha value is -0.380. The Bertz CT molecular complexity index is 628. The molecule has 3 heterocycles. The maximum atomic E-state index is 5.91. The van der Waals surface area contributed by atoms with E-state index in [2.05, 4.69) is 51.2 Å². The highest BCUT2D eigenvalue weighted by Crippen LogP contribution is 2.52. The van der Waals surface area contributed by atoms with E-state index >= 15 is 0 Å². The van der Waals surface area contributed by atoms with Crippen molar-refractivity contribution in [3.05, 3.63) is 22.4 Å². The highest BCUT2D eigenvalue weighted by Gasteiger charge is 2.59. The van der Waals surface area contributed by atoms with Gasteiger partial charge in [-0.15, -0.1) is 24.0 Å². The first-order valence-electron chi connectivity index (χ1n) is 9.93. The topological polar surface area (TPSA) is 48.9 Å². The van der Waals surface area contributed by atoms with Crippen LogP contribution in [-0.4, -0.2) is 55.8 Å². The van der Waals surface area contributed by atoms with Crippen LogP contribution >= 0.6 is 35.3 Å². The molecule has 0 bridgehead atoms. The average molecular weight is 504 g/mol. The van der Waals surface area contributed by atoms with E-state index in [0.717, 1.165) is 32.2 Å². The van der Waals surface area contributed by atoms with Crippen molar-refractivity contribution < 1.29 is 4.74 Å². The van der Waals surface area contributed by atoms with Gasteiger partial charge in [0.15, 0.2) is 5.96 Å². The summed E-state index contributed by atoms with van der Waals surface area (Å²) >= 11 is 1.79. The molecule has 3 unspecified atom stereocenters. The maximum Gasteiger partial charge on any atom is 0.191 e.